The minimum atomic E-state index is -0.496. The van der Waals surface area contributed by atoms with Crippen LogP contribution in [0.25, 0.3) is 6.08 Å². The maximum absolute atomic E-state index is 12.3. The molecule has 0 N–H and O–H groups in total. The van der Waals surface area contributed by atoms with Crippen LogP contribution in [0.4, 0.5) is 0 Å². The van der Waals surface area contributed by atoms with Gasteiger partial charge in [0.2, 0.25) is 0 Å². The van der Waals surface area contributed by atoms with E-state index in [1.165, 1.54) is 6.08 Å². The number of hydrogen-bond donors (Lipinski definition) is 0. The molecule has 5 heteroatoms. The molecule has 0 aliphatic rings. The molecule has 0 saturated carbocycles. The Hall–Kier alpha value is -2.88. The van der Waals surface area contributed by atoms with E-state index in [9.17, 15) is 9.59 Å². The van der Waals surface area contributed by atoms with Crippen molar-refractivity contribution < 1.29 is 14.3 Å². The van der Waals surface area contributed by atoms with Crippen molar-refractivity contribution in [1.29, 1.82) is 0 Å². The number of ketones is 1. The van der Waals surface area contributed by atoms with Gasteiger partial charge in [-0.2, -0.15) is 0 Å². The van der Waals surface area contributed by atoms with Crippen molar-refractivity contribution in [3.8, 4) is 5.75 Å². The van der Waals surface area contributed by atoms with Crippen molar-refractivity contribution >= 4 is 41.0 Å². The zero-order valence-electron chi connectivity index (χ0n) is 14.1. The fourth-order valence-corrected chi connectivity index (χ4v) is 2.64. The molecule has 0 spiro atoms. The molecule has 3 aromatic carbocycles. The molecule has 0 radical (unpaired) electrons. The number of hydrogen-bond acceptors (Lipinski definition) is 3. The van der Waals surface area contributed by atoms with Gasteiger partial charge in [-0.1, -0.05) is 41.4 Å². The highest BCUT2D eigenvalue weighted by atomic mass is 35.5. The second kappa shape index (κ2) is 8.67. The topological polar surface area (TPSA) is 43.4 Å². The lowest BCUT2D eigenvalue weighted by molar-refractivity contribution is 0.0734. The first kappa shape index (κ1) is 18.9. The van der Waals surface area contributed by atoms with Gasteiger partial charge in [-0.25, -0.2) is 4.79 Å². The van der Waals surface area contributed by atoms with Crippen LogP contribution in [-0.4, -0.2) is 11.8 Å². The smallest absolute Gasteiger partial charge is 0.343 e. The molecule has 0 amide bonds. The third kappa shape index (κ3) is 5.07. The van der Waals surface area contributed by atoms with Crippen LogP contribution in [0.5, 0.6) is 5.75 Å². The third-order valence-electron chi connectivity index (χ3n) is 3.75. The van der Waals surface area contributed by atoms with Crippen molar-refractivity contribution in [2.24, 2.45) is 0 Å². The minimum absolute atomic E-state index is 0.175. The van der Waals surface area contributed by atoms with Crippen LogP contribution in [0, 0.1) is 0 Å². The van der Waals surface area contributed by atoms with Gasteiger partial charge >= 0.3 is 5.97 Å². The second-order valence-corrected chi connectivity index (χ2v) is 6.48. The van der Waals surface area contributed by atoms with Gasteiger partial charge in [0.15, 0.2) is 5.78 Å². The Kier molecular flexibility index (Phi) is 6.07. The highest BCUT2D eigenvalue weighted by Crippen LogP contribution is 2.18. The molecule has 0 unspecified atom stereocenters. The number of halogens is 2. The predicted octanol–water partition coefficient (Wildman–Crippen LogP) is 6.11. The first-order chi connectivity index (χ1) is 13.0. The van der Waals surface area contributed by atoms with E-state index in [2.05, 4.69) is 0 Å². The molecule has 0 saturated heterocycles. The number of carbonyl (C=O) groups excluding carboxylic acids is 2. The molecule has 3 nitrogen and oxygen atoms in total. The summed E-state index contributed by atoms with van der Waals surface area (Å²) in [7, 11) is 0. The quantitative estimate of drug-likeness (QED) is 0.226. The third-order valence-corrected chi connectivity index (χ3v) is 4.34. The van der Waals surface area contributed by atoms with E-state index < -0.39 is 5.97 Å². The molecule has 3 rings (SSSR count). The molecule has 0 fully saturated rings. The average molecular weight is 397 g/mol. The van der Waals surface area contributed by atoms with E-state index in [0.717, 1.165) is 5.56 Å². The van der Waals surface area contributed by atoms with E-state index in [1.807, 2.05) is 18.2 Å². The van der Waals surface area contributed by atoms with Crippen LogP contribution in [0.1, 0.15) is 26.3 Å². The zero-order chi connectivity index (χ0) is 19.2. The predicted molar refractivity (Wildman–Crippen MR) is 108 cm³/mol. The van der Waals surface area contributed by atoms with Crippen molar-refractivity contribution in [3.63, 3.8) is 0 Å². The number of esters is 1. The normalized spacial score (nSPS) is 10.7. The van der Waals surface area contributed by atoms with Gasteiger partial charge in [0, 0.05) is 15.6 Å². The van der Waals surface area contributed by atoms with Gasteiger partial charge in [-0.3, -0.25) is 4.79 Å². The van der Waals surface area contributed by atoms with Gasteiger partial charge in [0.05, 0.1) is 5.56 Å². The molecule has 27 heavy (non-hydrogen) atoms. The summed E-state index contributed by atoms with van der Waals surface area (Å²) >= 11 is 11.9. The van der Waals surface area contributed by atoms with E-state index in [1.54, 1.807) is 60.7 Å². The highest BCUT2D eigenvalue weighted by molar-refractivity contribution is 6.32. The van der Waals surface area contributed by atoms with Crippen molar-refractivity contribution in [3.05, 3.63) is 106 Å². The lowest BCUT2D eigenvalue weighted by Gasteiger charge is -2.05. The van der Waals surface area contributed by atoms with Gasteiger partial charge in [0.1, 0.15) is 5.75 Å². The van der Waals surface area contributed by atoms with E-state index >= 15 is 0 Å². The summed E-state index contributed by atoms with van der Waals surface area (Å²) in [5, 5.41) is 1.12. The summed E-state index contributed by atoms with van der Waals surface area (Å²) in [6.07, 6.45) is 3.12. The number of allylic oxidation sites excluding steroid dienone is 1. The SMILES string of the molecule is O=C(/C=C/c1ccccc1Cl)c1ccc(OC(=O)c2ccc(Cl)cc2)cc1. The molecular formula is C22H14Cl2O3. The molecule has 0 aromatic heterocycles. The molecule has 0 atom stereocenters. The second-order valence-electron chi connectivity index (χ2n) is 5.64. The lowest BCUT2D eigenvalue weighted by atomic mass is 10.1. The largest absolute Gasteiger partial charge is 0.423 e. The Balaban J connectivity index is 1.66. The Morgan fingerprint density at radius 1 is 0.778 bits per heavy atom. The summed E-state index contributed by atoms with van der Waals surface area (Å²) < 4.78 is 5.29. The Morgan fingerprint density at radius 3 is 2.07 bits per heavy atom. The van der Waals surface area contributed by atoms with Crippen molar-refractivity contribution in [1.82, 2.24) is 0 Å². The standard InChI is InChI=1S/C22H14Cl2O3/c23-18-10-5-17(6-11-18)22(26)27-19-12-7-16(8-13-19)21(25)14-9-15-3-1-2-4-20(15)24/h1-14H/b14-9+. The van der Waals surface area contributed by atoms with Crippen LogP contribution in [0.15, 0.2) is 78.9 Å². The maximum atomic E-state index is 12.3. The number of ether oxygens (including phenoxy) is 1. The fraction of sp³-hybridized carbons (Fsp3) is 0. The van der Waals surface area contributed by atoms with E-state index in [4.69, 9.17) is 27.9 Å². The van der Waals surface area contributed by atoms with Crippen LogP contribution < -0.4 is 4.74 Å². The molecule has 0 heterocycles. The molecule has 0 aliphatic carbocycles. The van der Waals surface area contributed by atoms with Gasteiger partial charge in [-0.15, -0.1) is 0 Å². The minimum Gasteiger partial charge on any atom is -0.423 e. The number of carbonyl (C=O) groups is 2. The summed E-state index contributed by atoms with van der Waals surface area (Å²) in [5.41, 5.74) is 1.63. The summed E-state index contributed by atoms with van der Waals surface area (Å²) in [6, 6.07) is 20.0. The first-order valence-corrected chi connectivity index (χ1v) is 8.83. The summed E-state index contributed by atoms with van der Waals surface area (Å²) in [6.45, 7) is 0. The molecule has 0 bridgehead atoms. The van der Waals surface area contributed by atoms with Crippen LogP contribution in [-0.2, 0) is 0 Å². The van der Waals surface area contributed by atoms with Gasteiger partial charge in [-0.05, 0) is 72.3 Å². The first-order valence-electron chi connectivity index (χ1n) is 8.08. The number of benzene rings is 3. The zero-order valence-corrected chi connectivity index (χ0v) is 15.6. The summed E-state index contributed by atoms with van der Waals surface area (Å²) in [4.78, 5) is 24.3. The highest BCUT2D eigenvalue weighted by Gasteiger charge is 2.09. The molecule has 3 aromatic rings. The average Bonchev–Trinajstić information content (AvgIpc) is 2.68. The molecule has 134 valence electrons. The Labute approximate surface area is 166 Å². The Morgan fingerprint density at radius 2 is 1.41 bits per heavy atom. The summed E-state index contributed by atoms with van der Waals surface area (Å²) in [5.74, 6) is -0.323. The fourth-order valence-electron chi connectivity index (χ4n) is 2.31. The monoisotopic (exact) mass is 396 g/mol. The Bertz CT molecular complexity index is 991. The van der Waals surface area contributed by atoms with Crippen molar-refractivity contribution in [2.75, 3.05) is 0 Å². The van der Waals surface area contributed by atoms with Crippen molar-refractivity contribution in [2.45, 2.75) is 0 Å². The van der Waals surface area contributed by atoms with Crippen LogP contribution in [0.3, 0.4) is 0 Å². The van der Waals surface area contributed by atoms with Crippen LogP contribution in [0.2, 0.25) is 10.0 Å². The molecule has 0 aliphatic heterocycles. The van der Waals surface area contributed by atoms with Gasteiger partial charge < -0.3 is 4.74 Å². The van der Waals surface area contributed by atoms with Gasteiger partial charge in [0.25, 0.3) is 0 Å². The molecular weight excluding hydrogens is 383 g/mol. The maximum Gasteiger partial charge on any atom is 0.343 e. The number of rotatable bonds is 5. The van der Waals surface area contributed by atoms with Crippen LogP contribution >= 0.6 is 23.2 Å². The van der Waals surface area contributed by atoms with E-state index in [-0.39, 0.29) is 5.78 Å². The van der Waals surface area contributed by atoms with E-state index in [0.29, 0.717) is 26.9 Å². The lowest BCUT2D eigenvalue weighted by Crippen LogP contribution is -2.08.